The number of aryl methyl sites for hydroxylation is 2. The second-order valence-electron chi connectivity index (χ2n) is 7.27. The van der Waals surface area contributed by atoms with Crippen LogP contribution in [-0.2, 0) is 9.53 Å². The Morgan fingerprint density at radius 3 is 2.34 bits per heavy atom. The van der Waals surface area contributed by atoms with Gasteiger partial charge in [-0.05, 0) is 74.7 Å². The van der Waals surface area contributed by atoms with Gasteiger partial charge in [-0.15, -0.1) is 0 Å². The summed E-state index contributed by atoms with van der Waals surface area (Å²) in [7, 11) is 0. The molecule has 0 bridgehead atoms. The van der Waals surface area contributed by atoms with Crippen molar-refractivity contribution in [3.8, 4) is 5.75 Å². The van der Waals surface area contributed by atoms with Crippen molar-refractivity contribution in [1.82, 2.24) is 0 Å². The van der Waals surface area contributed by atoms with E-state index in [0.29, 0.717) is 23.6 Å². The molecule has 0 saturated carbocycles. The number of nitrogens with one attached hydrogen (secondary N) is 1. The van der Waals surface area contributed by atoms with Crippen LogP contribution in [0.4, 0.5) is 5.69 Å². The third kappa shape index (κ3) is 7.26. The number of hydrogen-bond acceptors (Lipinski definition) is 4. The zero-order valence-electron chi connectivity index (χ0n) is 17.8. The van der Waals surface area contributed by atoms with E-state index in [9.17, 15) is 9.59 Å². The molecule has 29 heavy (non-hydrogen) atoms. The molecule has 5 heteroatoms. The summed E-state index contributed by atoms with van der Waals surface area (Å²) < 4.78 is 11.0. The Balaban J connectivity index is 1.83. The predicted molar refractivity (Wildman–Crippen MR) is 116 cm³/mol. The minimum absolute atomic E-state index is 0.255. The molecule has 2 aromatic rings. The zero-order chi connectivity index (χ0) is 21.2. The number of carbonyl (C=O) groups is 2. The predicted octanol–water partition coefficient (Wildman–Crippen LogP) is 5.45. The van der Waals surface area contributed by atoms with Gasteiger partial charge in [0.1, 0.15) is 5.75 Å². The summed E-state index contributed by atoms with van der Waals surface area (Å²) in [5.41, 5.74) is 3.36. The van der Waals surface area contributed by atoms with Crippen LogP contribution in [0.2, 0.25) is 0 Å². The van der Waals surface area contributed by atoms with Crippen LogP contribution in [0.3, 0.4) is 0 Å². The Morgan fingerprint density at radius 1 is 0.966 bits per heavy atom. The molecule has 0 aliphatic heterocycles. The number of rotatable bonds is 10. The Morgan fingerprint density at radius 2 is 1.69 bits per heavy atom. The summed E-state index contributed by atoms with van der Waals surface area (Å²) in [5, 5.41) is 2.80. The van der Waals surface area contributed by atoms with Gasteiger partial charge in [0.05, 0.1) is 12.2 Å². The molecule has 0 aliphatic rings. The average Bonchev–Trinajstić information content (AvgIpc) is 2.71. The van der Waals surface area contributed by atoms with E-state index in [0.717, 1.165) is 31.2 Å². The van der Waals surface area contributed by atoms with E-state index in [1.165, 1.54) is 5.56 Å². The highest BCUT2D eigenvalue weighted by Crippen LogP contribution is 2.18. The van der Waals surface area contributed by atoms with Crippen LogP contribution in [0.15, 0.2) is 42.5 Å². The van der Waals surface area contributed by atoms with E-state index in [1.807, 2.05) is 32.0 Å². The summed E-state index contributed by atoms with van der Waals surface area (Å²) in [4.78, 5) is 24.4. The van der Waals surface area contributed by atoms with E-state index in [1.54, 1.807) is 31.2 Å². The lowest BCUT2D eigenvalue weighted by Gasteiger charge is -2.15. The molecule has 156 valence electrons. The molecule has 1 atom stereocenters. The molecule has 0 spiro atoms. The first kappa shape index (κ1) is 22.5. The second kappa shape index (κ2) is 11.2. The van der Waals surface area contributed by atoms with Crippen LogP contribution in [-0.4, -0.2) is 24.6 Å². The lowest BCUT2D eigenvalue weighted by atomic mass is 10.1. The number of ether oxygens (including phenoxy) is 2. The number of unbranched alkanes of at least 4 members (excludes halogenated alkanes) is 3. The molecule has 2 rings (SSSR count). The van der Waals surface area contributed by atoms with Crippen LogP contribution in [0.5, 0.6) is 5.75 Å². The van der Waals surface area contributed by atoms with Gasteiger partial charge in [-0.1, -0.05) is 32.3 Å². The number of anilines is 1. The minimum atomic E-state index is -0.648. The number of carbonyl (C=O) groups excluding carboxylic acids is 2. The Labute approximate surface area is 173 Å². The normalized spacial score (nSPS) is 11.6. The topological polar surface area (TPSA) is 64.6 Å². The molecule has 0 heterocycles. The average molecular weight is 398 g/mol. The number of benzene rings is 2. The van der Waals surface area contributed by atoms with Crippen molar-refractivity contribution in [2.24, 2.45) is 0 Å². The Kier molecular flexibility index (Phi) is 8.71. The smallest absolute Gasteiger partial charge is 0.338 e. The fourth-order valence-corrected chi connectivity index (χ4v) is 2.76. The molecule has 5 nitrogen and oxygen atoms in total. The van der Waals surface area contributed by atoms with Crippen LogP contribution < -0.4 is 10.1 Å². The molecule has 2 aromatic carbocycles. The van der Waals surface area contributed by atoms with Gasteiger partial charge < -0.3 is 14.8 Å². The van der Waals surface area contributed by atoms with E-state index < -0.39 is 6.10 Å². The fourth-order valence-electron chi connectivity index (χ4n) is 2.76. The quantitative estimate of drug-likeness (QED) is 0.428. The molecule has 1 N–H and O–H groups in total. The largest absolute Gasteiger partial charge is 0.481 e. The summed E-state index contributed by atoms with van der Waals surface area (Å²) in [6, 6.07) is 12.4. The highest BCUT2D eigenvalue weighted by molar-refractivity contribution is 5.95. The van der Waals surface area contributed by atoms with Gasteiger partial charge >= 0.3 is 5.97 Å². The second-order valence-corrected chi connectivity index (χ2v) is 7.27. The summed E-state index contributed by atoms with van der Waals surface area (Å²) in [6.07, 6.45) is 3.60. The molecule has 0 saturated heterocycles. The molecule has 0 radical (unpaired) electrons. The minimum Gasteiger partial charge on any atom is -0.481 e. The zero-order valence-corrected chi connectivity index (χ0v) is 17.8. The van der Waals surface area contributed by atoms with E-state index in [-0.39, 0.29) is 11.9 Å². The molecular weight excluding hydrogens is 366 g/mol. The van der Waals surface area contributed by atoms with Crippen molar-refractivity contribution >= 4 is 17.6 Å². The van der Waals surface area contributed by atoms with Gasteiger partial charge in [0.2, 0.25) is 0 Å². The third-order valence-corrected chi connectivity index (χ3v) is 4.78. The first-order chi connectivity index (χ1) is 13.9. The lowest BCUT2D eigenvalue weighted by Crippen LogP contribution is -2.30. The van der Waals surface area contributed by atoms with Gasteiger partial charge in [-0.3, -0.25) is 4.79 Å². The fraction of sp³-hybridized carbons (Fsp3) is 0.417. The van der Waals surface area contributed by atoms with Gasteiger partial charge in [0.15, 0.2) is 6.10 Å². The lowest BCUT2D eigenvalue weighted by molar-refractivity contribution is -0.122. The van der Waals surface area contributed by atoms with Gasteiger partial charge in [-0.2, -0.15) is 0 Å². The third-order valence-electron chi connectivity index (χ3n) is 4.78. The SMILES string of the molecule is CCCCCCOC(=O)c1ccc(NC(=O)C(C)Oc2ccc(C)c(C)c2)cc1. The van der Waals surface area contributed by atoms with Crippen molar-refractivity contribution in [2.45, 2.75) is 59.5 Å². The van der Waals surface area contributed by atoms with Crippen molar-refractivity contribution in [3.05, 3.63) is 59.2 Å². The summed E-state index contributed by atoms with van der Waals surface area (Å²) in [6.45, 7) is 8.31. The summed E-state index contributed by atoms with van der Waals surface area (Å²) >= 11 is 0. The monoisotopic (exact) mass is 397 g/mol. The molecule has 0 aromatic heterocycles. The van der Waals surface area contributed by atoms with Crippen LogP contribution in [0.25, 0.3) is 0 Å². The van der Waals surface area contributed by atoms with Crippen LogP contribution in [0, 0.1) is 13.8 Å². The molecular formula is C24H31NO4. The maximum absolute atomic E-state index is 12.4. The number of hydrogen-bond donors (Lipinski definition) is 1. The van der Waals surface area contributed by atoms with Crippen molar-refractivity contribution in [3.63, 3.8) is 0 Å². The molecule has 0 fully saturated rings. The molecule has 0 aliphatic carbocycles. The first-order valence-electron chi connectivity index (χ1n) is 10.2. The van der Waals surface area contributed by atoms with E-state index in [4.69, 9.17) is 9.47 Å². The summed E-state index contributed by atoms with van der Waals surface area (Å²) in [5.74, 6) is 0.0630. The van der Waals surface area contributed by atoms with Crippen molar-refractivity contribution in [1.29, 1.82) is 0 Å². The van der Waals surface area contributed by atoms with Crippen LogP contribution >= 0.6 is 0 Å². The highest BCUT2D eigenvalue weighted by atomic mass is 16.5. The number of esters is 1. The van der Waals surface area contributed by atoms with E-state index >= 15 is 0 Å². The maximum Gasteiger partial charge on any atom is 0.338 e. The first-order valence-corrected chi connectivity index (χ1v) is 10.2. The van der Waals surface area contributed by atoms with E-state index in [2.05, 4.69) is 12.2 Å². The molecule has 1 unspecified atom stereocenters. The van der Waals surface area contributed by atoms with Gasteiger partial charge in [0, 0.05) is 5.69 Å². The van der Waals surface area contributed by atoms with Crippen molar-refractivity contribution in [2.75, 3.05) is 11.9 Å². The van der Waals surface area contributed by atoms with Gasteiger partial charge in [0.25, 0.3) is 5.91 Å². The number of amides is 1. The van der Waals surface area contributed by atoms with Crippen molar-refractivity contribution < 1.29 is 19.1 Å². The van der Waals surface area contributed by atoms with Gasteiger partial charge in [-0.25, -0.2) is 4.79 Å². The van der Waals surface area contributed by atoms with Crippen LogP contribution in [0.1, 0.15) is 61.0 Å². The highest BCUT2D eigenvalue weighted by Gasteiger charge is 2.15. The maximum atomic E-state index is 12.4. The Bertz CT molecular complexity index is 814. The molecule has 1 amide bonds. The Hall–Kier alpha value is -2.82. The standard InChI is InChI=1S/C24H31NO4/c1-5-6-7-8-15-28-24(27)20-10-12-21(13-11-20)25-23(26)19(4)29-22-14-9-17(2)18(3)16-22/h9-14,16,19H,5-8,15H2,1-4H3,(H,25,26).